The first kappa shape index (κ1) is 15.5. The maximum atomic E-state index is 13.2. The number of aryl methyl sites for hydroxylation is 1. The molecule has 1 amide bonds. The zero-order valence-electron chi connectivity index (χ0n) is 10.9. The number of nitrogens with zero attached hydrogens (tertiary/aromatic N) is 2. The van der Waals surface area contributed by atoms with Gasteiger partial charge >= 0.3 is 6.18 Å². The molecule has 0 aliphatic carbocycles. The minimum absolute atomic E-state index is 0.384. The predicted octanol–water partition coefficient (Wildman–Crippen LogP) is 2.26. The third kappa shape index (κ3) is 3.08. The van der Waals surface area contributed by atoms with Gasteiger partial charge in [-0.25, -0.2) is 4.98 Å². The smallest absolute Gasteiger partial charge is 0.374 e. The predicted molar refractivity (Wildman–Crippen MR) is 70.7 cm³/mol. The molecule has 2 aromatic heterocycles. The summed E-state index contributed by atoms with van der Waals surface area (Å²) in [7, 11) is 1.32. The summed E-state index contributed by atoms with van der Waals surface area (Å²) in [6, 6.07) is 1.55. The van der Waals surface area contributed by atoms with Gasteiger partial charge in [-0.05, 0) is 11.4 Å². The molecule has 5 nitrogen and oxygen atoms in total. The number of thiophene rings is 1. The van der Waals surface area contributed by atoms with E-state index >= 15 is 0 Å². The van der Waals surface area contributed by atoms with Gasteiger partial charge in [-0.1, -0.05) is 0 Å². The molecule has 1 atom stereocenters. The molecule has 0 bridgehead atoms. The lowest BCUT2D eigenvalue weighted by molar-refractivity contribution is -0.270. The van der Waals surface area contributed by atoms with E-state index in [4.69, 9.17) is 0 Å². The molecule has 0 aromatic carbocycles. The lowest BCUT2D eigenvalue weighted by atomic mass is 9.97. The van der Waals surface area contributed by atoms with Crippen LogP contribution in [0.4, 0.5) is 18.9 Å². The normalized spacial score (nSPS) is 14.7. The van der Waals surface area contributed by atoms with E-state index in [1.807, 2.05) is 0 Å². The molecule has 0 spiro atoms. The lowest BCUT2D eigenvalue weighted by Gasteiger charge is -2.29. The summed E-state index contributed by atoms with van der Waals surface area (Å²) in [5.74, 6) is -1.58. The molecule has 2 aromatic rings. The Hall–Kier alpha value is -1.87. The first-order chi connectivity index (χ1) is 9.74. The Kier molecular flexibility index (Phi) is 4.06. The molecule has 1 unspecified atom stereocenters. The average molecular weight is 319 g/mol. The van der Waals surface area contributed by atoms with Crippen LogP contribution in [0.5, 0.6) is 0 Å². The Labute approximate surface area is 122 Å². The van der Waals surface area contributed by atoms with E-state index in [1.165, 1.54) is 24.6 Å². The second-order valence-corrected chi connectivity index (χ2v) is 5.24. The fraction of sp³-hybridized carbons (Fsp3) is 0.333. The average Bonchev–Trinajstić information content (AvgIpc) is 2.98. The zero-order valence-corrected chi connectivity index (χ0v) is 11.7. The number of nitrogens with one attached hydrogen (secondary N) is 1. The van der Waals surface area contributed by atoms with Gasteiger partial charge in [0.1, 0.15) is 0 Å². The van der Waals surface area contributed by atoms with Gasteiger partial charge in [0, 0.05) is 24.8 Å². The van der Waals surface area contributed by atoms with Gasteiger partial charge in [0.2, 0.25) is 11.5 Å². The van der Waals surface area contributed by atoms with Crippen molar-refractivity contribution < 1.29 is 23.1 Å². The number of aromatic nitrogens is 2. The van der Waals surface area contributed by atoms with E-state index < -0.39 is 29.9 Å². The number of aliphatic hydroxyl groups is 1. The number of imidazole rings is 1. The van der Waals surface area contributed by atoms with E-state index in [0.717, 1.165) is 10.8 Å². The van der Waals surface area contributed by atoms with Crippen molar-refractivity contribution in [2.24, 2.45) is 7.05 Å². The van der Waals surface area contributed by atoms with Crippen molar-refractivity contribution in [3.8, 4) is 0 Å². The molecule has 0 aliphatic heterocycles. The highest BCUT2D eigenvalue weighted by Crippen LogP contribution is 2.40. The van der Waals surface area contributed by atoms with Crippen molar-refractivity contribution in [2.75, 3.05) is 5.32 Å². The fourth-order valence-electron chi connectivity index (χ4n) is 1.84. The number of carbonyl (C=O) groups is 1. The maximum absolute atomic E-state index is 13.2. The van der Waals surface area contributed by atoms with Crippen molar-refractivity contribution in [1.29, 1.82) is 0 Å². The van der Waals surface area contributed by atoms with Crippen LogP contribution in [0.3, 0.4) is 0 Å². The third-order valence-corrected chi connectivity index (χ3v) is 3.56. The molecular weight excluding hydrogens is 307 g/mol. The summed E-state index contributed by atoms with van der Waals surface area (Å²) >= 11 is 1.29. The Bertz CT molecular complexity index is 624. The number of anilines is 1. The van der Waals surface area contributed by atoms with Gasteiger partial charge in [0.05, 0.1) is 12.1 Å². The molecule has 2 N–H and O–H groups in total. The van der Waals surface area contributed by atoms with Crippen molar-refractivity contribution >= 4 is 22.9 Å². The SMILES string of the molecule is Cn1ccnc1C(O)(CC(=O)Nc1ccsc1)C(F)(F)F. The minimum Gasteiger partial charge on any atom is -0.374 e. The van der Waals surface area contributed by atoms with E-state index in [1.54, 1.807) is 16.8 Å². The first-order valence-corrected chi connectivity index (χ1v) is 6.77. The maximum Gasteiger partial charge on any atom is 0.425 e. The number of alkyl halides is 3. The second kappa shape index (κ2) is 5.49. The molecule has 21 heavy (non-hydrogen) atoms. The van der Waals surface area contributed by atoms with Gasteiger partial charge in [0.15, 0.2) is 5.82 Å². The Balaban J connectivity index is 2.26. The monoisotopic (exact) mass is 319 g/mol. The molecule has 0 saturated heterocycles. The second-order valence-electron chi connectivity index (χ2n) is 4.46. The van der Waals surface area contributed by atoms with Gasteiger partial charge < -0.3 is 15.0 Å². The van der Waals surface area contributed by atoms with Crippen molar-refractivity contribution in [1.82, 2.24) is 9.55 Å². The first-order valence-electron chi connectivity index (χ1n) is 5.83. The van der Waals surface area contributed by atoms with Crippen LogP contribution in [-0.4, -0.2) is 26.7 Å². The zero-order chi connectivity index (χ0) is 15.7. The highest BCUT2D eigenvalue weighted by Gasteiger charge is 2.58. The highest BCUT2D eigenvalue weighted by molar-refractivity contribution is 7.08. The quantitative estimate of drug-likeness (QED) is 0.908. The van der Waals surface area contributed by atoms with E-state index in [0.29, 0.717) is 5.69 Å². The molecular formula is C12H12F3N3O2S. The van der Waals surface area contributed by atoms with Crippen LogP contribution in [0, 0.1) is 0 Å². The van der Waals surface area contributed by atoms with Crippen LogP contribution in [0.2, 0.25) is 0 Å². The Morgan fingerprint density at radius 1 is 1.52 bits per heavy atom. The van der Waals surface area contributed by atoms with Crippen LogP contribution < -0.4 is 5.32 Å². The summed E-state index contributed by atoms with van der Waals surface area (Å²) < 4.78 is 40.6. The van der Waals surface area contributed by atoms with E-state index in [9.17, 15) is 23.1 Å². The van der Waals surface area contributed by atoms with Gasteiger partial charge in [-0.15, -0.1) is 0 Å². The molecule has 9 heteroatoms. The number of rotatable bonds is 4. The number of halogens is 3. The molecule has 0 saturated carbocycles. The van der Waals surface area contributed by atoms with Gasteiger partial charge in [0.25, 0.3) is 0 Å². The molecule has 2 heterocycles. The molecule has 0 aliphatic rings. The van der Waals surface area contributed by atoms with Crippen LogP contribution in [0.25, 0.3) is 0 Å². The van der Waals surface area contributed by atoms with Crippen LogP contribution >= 0.6 is 11.3 Å². The number of hydrogen-bond donors (Lipinski definition) is 2. The molecule has 0 fully saturated rings. The van der Waals surface area contributed by atoms with Crippen LogP contribution in [0.1, 0.15) is 12.2 Å². The third-order valence-electron chi connectivity index (χ3n) is 2.88. The number of carbonyl (C=O) groups excluding carboxylic acids is 1. The Morgan fingerprint density at radius 2 is 2.24 bits per heavy atom. The highest BCUT2D eigenvalue weighted by atomic mass is 32.1. The number of hydrogen-bond acceptors (Lipinski definition) is 4. The summed E-state index contributed by atoms with van der Waals surface area (Å²) in [6.45, 7) is 0. The lowest BCUT2D eigenvalue weighted by Crippen LogP contribution is -2.46. The van der Waals surface area contributed by atoms with Crippen molar-refractivity contribution in [3.63, 3.8) is 0 Å². The number of amides is 1. The molecule has 114 valence electrons. The standard InChI is InChI=1S/C12H12F3N3O2S/c1-18-4-3-16-10(18)11(20,12(13,14)15)6-9(19)17-8-2-5-21-7-8/h2-5,7,20H,6H2,1H3,(H,17,19). The van der Waals surface area contributed by atoms with E-state index in [-0.39, 0.29) is 0 Å². The van der Waals surface area contributed by atoms with Crippen molar-refractivity contribution in [3.05, 3.63) is 35.0 Å². The Morgan fingerprint density at radius 3 is 2.71 bits per heavy atom. The summed E-state index contributed by atoms with van der Waals surface area (Å²) in [5.41, 5.74) is -2.96. The fourth-order valence-corrected chi connectivity index (χ4v) is 2.43. The summed E-state index contributed by atoms with van der Waals surface area (Å²) in [5, 5.41) is 15.6. The van der Waals surface area contributed by atoms with Crippen LogP contribution in [-0.2, 0) is 17.4 Å². The molecule has 0 radical (unpaired) electrons. The largest absolute Gasteiger partial charge is 0.425 e. The minimum atomic E-state index is -5.03. The topological polar surface area (TPSA) is 67.1 Å². The van der Waals surface area contributed by atoms with Gasteiger partial charge in [-0.3, -0.25) is 4.79 Å². The van der Waals surface area contributed by atoms with Gasteiger partial charge in [-0.2, -0.15) is 24.5 Å². The van der Waals surface area contributed by atoms with Crippen LogP contribution in [0.15, 0.2) is 29.2 Å². The molecule has 2 rings (SSSR count). The van der Waals surface area contributed by atoms with Crippen molar-refractivity contribution in [2.45, 2.75) is 18.2 Å². The summed E-state index contributed by atoms with van der Waals surface area (Å²) in [6.07, 6.45) is -3.80. The summed E-state index contributed by atoms with van der Waals surface area (Å²) in [4.78, 5) is 15.3. The van der Waals surface area contributed by atoms with E-state index in [2.05, 4.69) is 10.3 Å².